The van der Waals surface area contributed by atoms with Crippen LogP contribution in [0.5, 0.6) is 0 Å². The fourth-order valence-electron chi connectivity index (χ4n) is 2.66. The summed E-state index contributed by atoms with van der Waals surface area (Å²) in [6, 6.07) is 11.8. The standard InChI is InChI=1S/C15H19N5O/c16-15-18-13(17-11-5-2-1-3-6-11)9-14(19-15)20-8-4-7-12(20)10-21/h1-3,5-6,9,12,21H,4,7-8,10H2,(H3,16,17,18,19). The molecule has 21 heavy (non-hydrogen) atoms. The molecule has 0 spiro atoms. The molecule has 0 bridgehead atoms. The number of hydrogen-bond donors (Lipinski definition) is 3. The average Bonchev–Trinajstić information content (AvgIpc) is 2.96. The van der Waals surface area contributed by atoms with Crippen molar-refractivity contribution < 1.29 is 5.11 Å². The maximum Gasteiger partial charge on any atom is 0.223 e. The summed E-state index contributed by atoms with van der Waals surface area (Å²) in [5.74, 6) is 1.65. The summed E-state index contributed by atoms with van der Waals surface area (Å²) in [6.45, 7) is 1.01. The molecular formula is C15H19N5O. The first-order valence-electron chi connectivity index (χ1n) is 7.10. The minimum atomic E-state index is 0.115. The highest BCUT2D eigenvalue weighted by Gasteiger charge is 2.25. The minimum Gasteiger partial charge on any atom is -0.394 e. The zero-order valence-corrected chi connectivity index (χ0v) is 11.7. The van der Waals surface area contributed by atoms with Gasteiger partial charge in [-0.2, -0.15) is 9.97 Å². The summed E-state index contributed by atoms with van der Waals surface area (Å²) in [7, 11) is 0. The largest absolute Gasteiger partial charge is 0.394 e. The Balaban J connectivity index is 1.86. The van der Waals surface area contributed by atoms with Crippen LogP contribution in [-0.4, -0.2) is 34.3 Å². The summed E-state index contributed by atoms with van der Waals surface area (Å²) < 4.78 is 0. The second-order valence-electron chi connectivity index (χ2n) is 5.13. The lowest BCUT2D eigenvalue weighted by Gasteiger charge is -2.24. The van der Waals surface area contributed by atoms with Crippen LogP contribution in [0, 0.1) is 0 Å². The number of nitrogens with one attached hydrogen (secondary N) is 1. The number of para-hydroxylation sites is 1. The van der Waals surface area contributed by atoms with E-state index in [2.05, 4.69) is 20.2 Å². The molecule has 1 unspecified atom stereocenters. The zero-order valence-electron chi connectivity index (χ0n) is 11.7. The van der Waals surface area contributed by atoms with Gasteiger partial charge < -0.3 is 21.1 Å². The minimum absolute atomic E-state index is 0.115. The third-order valence-electron chi connectivity index (χ3n) is 3.66. The molecule has 0 aliphatic carbocycles. The normalized spacial score (nSPS) is 18.0. The van der Waals surface area contributed by atoms with Crippen molar-refractivity contribution in [2.24, 2.45) is 0 Å². The van der Waals surface area contributed by atoms with Crippen molar-refractivity contribution in [3.05, 3.63) is 36.4 Å². The SMILES string of the molecule is Nc1nc(Nc2ccccc2)cc(N2CCCC2CO)n1. The second-order valence-corrected chi connectivity index (χ2v) is 5.13. The number of nitrogens with two attached hydrogens (primary N) is 1. The van der Waals surface area contributed by atoms with Crippen molar-refractivity contribution in [2.45, 2.75) is 18.9 Å². The molecule has 1 aliphatic rings. The van der Waals surface area contributed by atoms with Crippen molar-refractivity contribution in [3.63, 3.8) is 0 Å². The molecular weight excluding hydrogens is 266 g/mol. The Morgan fingerprint density at radius 3 is 2.86 bits per heavy atom. The Labute approximate surface area is 123 Å². The maximum atomic E-state index is 9.44. The third-order valence-corrected chi connectivity index (χ3v) is 3.66. The summed E-state index contributed by atoms with van der Waals surface area (Å²) in [5, 5.41) is 12.7. The molecule has 1 aliphatic heterocycles. The van der Waals surface area contributed by atoms with Gasteiger partial charge in [-0.05, 0) is 25.0 Å². The van der Waals surface area contributed by atoms with Crippen molar-refractivity contribution in [1.82, 2.24) is 9.97 Å². The van der Waals surface area contributed by atoms with E-state index < -0.39 is 0 Å². The topological polar surface area (TPSA) is 87.3 Å². The number of aliphatic hydroxyl groups excluding tert-OH is 1. The Morgan fingerprint density at radius 2 is 2.10 bits per heavy atom. The predicted molar refractivity (Wildman–Crippen MR) is 83.6 cm³/mol. The highest BCUT2D eigenvalue weighted by molar-refractivity contribution is 5.61. The molecule has 1 aromatic heterocycles. The van der Waals surface area contributed by atoms with Gasteiger partial charge in [-0.25, -0.2) is 0 Å². The molecule has 4 N–H and O–H groups in total. The Bertz CT molecular complexity index is 604. The number of aliphatic hydroxyl groups is 1. The molecule has 1 fully saturated rings. The van der Waals surface area contributed by atoms with Crippen LogP contribution in [0.25, 0.3) is 0 Å². The summed E-state index contributed by atoms with van der Waals surface area (Å²) in [5.41, 5.74) is 6.76. The lowest BCUT2D eigenvalue weighted by atomic mass is 10.2. The van der Waals surface area contributed by atoms with Gasteiger partial charge in [-0.3, -0.25) is 0 Å². The van der Waals surface area contributed by atoms with E-state index >= 15 is 0 Å². The maximum absolute atomic E-state index is 9.44. The van der Waals surface area contributed by atoms with E-state index in [1.807, 2.05) is 36.4 Å². The number of nitrogen functional groups attached to an aromatic ring is 1. The number of rotatable bonds is 4. The average molecular weight is 285 g/mol. The van der Waals surface area contributed by atoms with Gasteiger partial charge >= 0.3 is 0 Å². The van der Waals surface area contributed by atoms with E-state index in [1.54, 1.807) is 0 Å². The highest BCUT2D eigenvalue weighted by atomic mass is 16.3. The molecule has 3 rings (SSSR count). The van der Waals surface area contributed by atoms with Gasteiger partial charge in [0.2, 0.25) is 5.95 Å². The van der Waals surface area contributed by atoms with E-state index in [0.29, 0.717) is 5.82 Å². The lowest BCUT2D eigenvalue weighted by molar-refractivity contribution is 0.266. The van der Waals surface area contributed by atoms with Gasteiger partial charge in [0.15, 0.2) is 0 Å². The van der Waals surface area contributed by atoms with Crippen LogP contribution in [-0.2, 0) is 0 Å². The molecule has 1 atom stereocenters. The number of hydrogen-bond acceptors (Lipinski definition) is 6. The van der Waals surface area contributed by atoms with Crippen molar-refractivity contribution >= 4 is 23.3 Å². The monoisotopic (exact) mass is 285 g/mol. The first kappa shape index (κ1) is 13.6. The molecule has 6 heteroatoms. The molecule has 2 heterocycles. The molecule has 1 saturated heterocycles. The van der Waals surface area contributed by atoms with Gasteiger partial charge in [0.05, 0.1) is 12.6 Å². The lowest BCUT2D eigenvalue weighted by Crippen LogP contribution is -2.33. The van der Waals surface area contributed by atoms with Gasteiger partial charge in [-0.15, -0.1) is 0 Å². The Kier molecular flexibility index (Phi) is 3.87. The van der Waals surface area contributed by atoms with Crippen molar-refractivity contribution in [2.75, 3.05) is 29.1 Å². The zero-order chi connectivity index (χ0) is 14.7. The van der Waals surface area contributed by atoms with E-state index in [1.165, 1.54) is 0 Å². The number of benzene rings is 1. The van der Waals surface area contributed by atoms with E-state index in [4.69, 9.17) is 5.73 Å². The van der Waals surface area contributed by atoms with E-state index in [9.17, 15) is 5.11 Å². The van der Waals surface area contributed by atoms with Crippen molar-refractivity contribution in [3.8, 4) is 0 Å². The second kappa shape index (κ2) is 5.97. The molecule has 0 radical (unpaired) electrons. The van der Waals surface area contributed by atoms with Crippen LogP contribution in [0.15, 0.2) is 36.4 Å². The number of nitrogens with zero attached hydrogens (tertiary/aromatic N) is 3. The first-order valence-corrected chi connectivity index (χ1v) is 7.10. The van der Waals surface area contributed by atoms with Crippen LogP contribution in [0.2, 0.25) is 0 Å². The third kappa shape index (κ3) is 3.05. The fourth-order valence-corrected chi connectivity index (χ4v) is 2.66. The predicted octanol–water partition coefficient (Wildman–Crippen LogP) is 1.76. The fraction of sp³-hybridized carbons (Fsp3) is 0.333. The van der Waals surface area contributed by atoms with Gasteiger partial charge in [-0.1, -0.05) is 18.2 Å². The number of aromatic nitrogens is 2. The summed E-state index contributed by atoms with van der Waals surface area (Å²) in [6.07, 6.45) is 2.03. The van der Waals surface area contributed by atoms with Gasteiger partial charge in [0.1, 0.15) is 11.6 Å². The highest BCUT2D eigenvalue weighted by Crippen LogP contribution is 2.26. The molecule has 6 nitrogen and oxygen atoms in total. The molecule has 1 aromatic carbocycles. The summed E-state index contributed by atoms with van der Waals surface area (Å²) in [4.78, 5) is 10.6. The first-order chi connectivity index (χ1) is 10.3. The van der Waals surface area contributed by atoms with Gasteiger partial charge in [0, 0.05) is 18.3 Å². The Hall–Kier alpha value is -2.34. The smallest absolute Gasteiger partial charge is 0.223 e. The quantitative estimate of drug-likeness (QED) is 0.793. The van der Waals surface area contributed by atoms with Crippen molar-refractivity contribution in [1.29, 1.82) is 0 Å². The molecule has 110 valence electrons. The van der Waals surface area contributed by atoms with Gasteiger partial charge in [0.25, 0.3) is 0 Å². The molecule has 2 aromatic rings. The van der Waals surface area contributed by atoms with Crippen LogP contribution in [0.4, 0.5) is 23.3 Å². The van der Waals surface area contributed by atoms with Crippen LogP contribution in [0.3, 0.4) is 0 Å². The molecule has 0 saturated carbocycles. The van der Waals surface area contributed by atoms with E-state index in [-0.39, 0.29) is 18.6 Å². The van der Waals surface area contributed by atoms with E-state index in [0.717, 1.165) is 30.9 Å². The number of anilines is 4. The van der Waals surface area contributed by atoms with Crippen LogP contribution in [0.1, 0.15) is 12.8 Å². The van der Waals surface area contributed by atoms with Crippen LogP contribution < -0.4 is 16.0 Å². The molecule has 0 amide bonds. The Morgan fingerprint density at radius 1 is 1.29 bits per heavy atom. The summed E-state index contributed by atoms with van der Waals surface area (Å²) >= 11 is 0. The van der Waals surface area contributed by atoms with Crippen LogP contribution >= 0.6 is 0 Å².